The van der Waals surface area contributed by atoms with E-state index in [0.29, 0.717) is 36.5 Å². The lowest BCUT2D eigenvalue weighted by molar-refractivity contribution is -0.131. The second-order valence-corrected chi connectivity index (χ2v) is 6.66. The quantitative estimate of drug-likeness (QED) is 0.766. The van der Waals surface area contributed by atoms with Gasteiger partial charge < -0.3 is 9.88 Å². The number of amides is 1. The highest BCUT2D eigenvalue weighted by Gasteiger charge is 2.25. The molecule has 3 heterocycles. The second-order valence-electron chi connectivity index (χ2n) is 6.66. The summed E-state index contributed by atoms with van der Waals surface area (Å²) in [6.07, 6.45) is 5.56. The third-order valence-electron chi connectivity index (χ3n) is 4.66. The van der Waals surface area contributed by atoms with E-state index in [1.807, 2.05) is 31.2 Å². The molecule has 0 unspecified atom stereocenters. The molecule has 1 aromatic carbocycles. The molecule has 1 aliphatic heterocycles. The molecule has 0 aliphatic carbocycles. The van der Waals surface area contributed by atoms with Gasteiger partial charge in [0.2, 0.25) is 5.91 Å². The highest BCUT2D eigenvalue weighted by atomic mass is 16.2. The Morgan fingerprint density at radius 2 is 2.19 bits per heavy atom. The van der Waals surface area contributed by atoms with Gasteiger partial charge in [-0.2, -0.15) is 0 Å². The lowest BCUT2D eigenvalue weighted by atomic mass is 10.0. The molecule has 3 aromatic rings. The molecule has 0 spiro atoms. The van der Waals surface area contributed by atoms with Gasteiger partial charge in [-0.05, 0) is 12.5 Å². The Kier molecular flexibility index (Phi) is 4.50. The minimum atomic E-state index is -0.228. The monoisotopic (exact) mass is 361 g/mol. The van der Waals surface area contributed by atoms with Crippen molar-refractivity contribution < 1.29 is 4.79 Å². The zero-order chi connectivity index (χ0) is 18.8. The van der Waals surface area contributed by atoms with E-state index >= 15 is 0 Å². The van der Waals surface area contributed by atoms with Crippen LogP contribution in [0, 0.1) is 6.92 Å². The molecule has 0 fully saturated rings. The number of H-pyrrole nitrogens is 1. The smallest absolute Gasteiger partial charge is 0.256 e. The molecule has 7 nitrogen and oxygen atoms in total. The number of hydrogen-bond acceptors (Lipinski definition) is 5. The van der Waals surface area contributed by atoms with Crippen LogP contribution < -0.4 is 5.56 Å². The second kappa shape index (κ2) is 7.11. The Morgan fingerprint density at radius 1 is 1.30 bits per heavy atom. The van der Waals surface area contributed by atoms with Gasteiger partial charge in [0.15, 0.2) is 5.82 Å². The molecule has 136 valence electrons. The van der Waals surface area contributed by atoms with Gasteiger partial charge in [0.1, 0.15) is 5.69 Å². The molecule has 0 atom stereocenters. The molecule has 1 aliphatic rings. The summed E-state index contributed by atoms with van der Waals surface area (Å²) in [7, 11) is 0. The van der Waals surface area contributed by atoms with Crippen LogP contribution in [0.15, 0.2) is 47.7 Å². The maximum absolute atomic E-state index is 12.7. The average Bonchev–Trinajstić information content (AvgIpc) is 2.68. The fourth-order valence-corrected chi connectivity index (χ4v) is 3.29. The Bertz CT molecular complexity index is 1050. The lowest BCUT2D eigenvalue weighted by Crippen LogP contribution is -2.40. The maximum atomic E-state index is 12.7. The number of aromatic nitrogens is 4. The fraction of sp³-hybridized carbons (Fsp3) is 0.250. The van der Waals surface area contributed by atoms with E-state index in [0.717, 1.165) is 16.8 Å². The summed E-state index contributed by atoms with van der Waals surface area (Å²) in [5, 5.41) is 0. The zero-order valence-electron chi connectivity index (χ0n) is 15.0. The summed E-state index contributed by atoms with van der Waals surface area (Å²) in [6.45, 7) is 2.84. The lowest BCUT2D eigenvalue weighted by Gasteiger charge is -2.28. The van der Waals surface area contributed by atoms with E-state index in [2.05, 4.69) is 19.9 Å². The van der Waals surface area contributed by atoms with Crippen LogP contribution >= 0.6 is 0 Å². The molecule has 2 aromatic heterocycles. The van der Waals surface area contributed by atoms with Gasteiger partial charge in [-0.3, -0.25) is 14.6 Å². The van der Waals surface area contributed by atoms with Crippen molar-refractivity contribution in [1.82, 2.24) is 24.8 Å². The van der Waals surface area contributed by atoms with Gasteiger partial charge in [-0.15, -0.1) is 0 Å². The number of nitrogens with zero attached hydrogens (tertiary/aromatic N) is 4. The van der Waals surface area contributed by atoms with Crippen LogP contribution in [-0.4, -0.2) is 37.3 Å². The highest BCUT2D eigenvalue weighted by molar-refractivity contribution is 5.79. The Labute approximate surface area is 156 Å². The minimum Gasteiger partial charge on any atom is -0.337 e. The Morgan fingerprint density at radius 3 is 2.96 bits per heavy atom. The maximum Gasteiger partial charge on any atom is 0.256 e. The molecule has 7 heteroatoms. The third kappa shape index (κ3) is 3.62. The van der Waals surface area contributed by atoms with Crippen LogP contribution in [0.5, 0.6) is 0 Å². The number of aryl methyl sites for hydroxylation is 1. The van der Waals surface area contributed by atoms with Crippen molar-refractivity contribution in [3.05, 3.63) is 75.6 Å². The topological polar surface area (TPSA) is 91.8 Å². The summed E-state index contributed by atoms with van der Waals surface area (Å²) in [5.41, 5.74) is 3.67. The molecular formula is C20H19N5O2. The third-order valence-corrected chi connectivity index (χ3v) is 4.66. The molecule has 4 rings (SSSR count). The molecule has 1 N–H and O–H groups in total. The molecule has 27 heavy (non-hydrogen) atoms. The van der Waals surface area contributed by atoms with E-state index in [1.165, 1.54) is 0 Å². The van der Waals surface area contributed by atoms with Gasteiger partial charge >= 0.3 is 0 Å². The van der Waals surface area contributed by atoms with E-state index in [1.54, 1.807) is 23.5 Å². The number of rotatable bonds is 3. The highest BCUT2D eigenvalue weighted by Crippen LogP contribution is 2.18. The fourth-order valence-electron chi connectivity index (χ4n) is 3.29. The predicted octanol–water partition coefficient (Wildman–Crippen LogP) is 1.66. The average molecular weight is 361 g/mol. The van der Waals surface area contributed by atoms with Crippen LogP contribution in [0.25, 0.3) is 11.5 Å². The molecule has 0 bridgehead atoms. The predicted molar refractivity (Wildman–Crippen MR) is 99.9 cm³/mol. The Hall–Kier alpha value is -3.35. The summed E-state index contributed by atoms with van der Waals surface area (Å²) >= 11 is 0. The van der Waals surface area contributed by atoms with Gasteiger partial charge in [-0.1, -0.05) is 29.8 Å². The first-order chi connectivity index (χ1) is 13.1. The van der Waals surface area contributed by atoms with Crippen molar-refractivity contribution in [1.29, 1.82) is 0 Å². The summed E-state index contributed by atoms with van der Waals surface area (Å²) < 4.78 is 0. The van der Waals surface area contributed by atoms with E-state index in [9.17, 15) is 9.59 Å². The number of hydrogen-bond donors (Lipinski definition) is 1. The summed E-state index contributed by atoms with van der Waals surface area (Å²) in [6, 6.07) is 7.92. The van der Waals surface area contributed by atoms with Crippen LogP contribution in [0.3, 0.4) is 0 Å². The van der Waals surface area contributed by atoms with Crippen LogP contribution in [-0.2, 0) is 24.2 Å². The molecule has 1 amide bonds. The van der Waals surface area contributed by atoms with Gasteiger partial charge in [-0.25, -0.2) is 9.97 Å². The number of aromatic amines is 1. The zero-order valence-corrected chi connectivity index (χ0v) is 15.0. The van der Waals surface area contributed by atoms with Crippen molar-refractivity contribution in [2.45, 2.75) is 26.3 Å². The van der Waals surface area contributed by atoms with Crippen LogP contribution in [0.2, 0.25) is 0 Å². The summed E-state index contributed by atoms with van der Waals surface area (Å²) in [4.78, 5) is 42.4. The van der Waals surface area contributed by atoms with Gasteiger partial charge in [0.25, 0.3) is 5.56 Å². The van der Waals surface area contributed by atoms with E-state index < -0.39 is 0 Å². The largest absolute Gasteiger partial charge is 0.337 e. The molecule has 0 saturated heterocycles. The minimum absolute atomic E-state index is 0.0173. The van der Waals surface area contributed by atoms with Crippen molar-refractivity contribution in [3.63, 3.8) is 0 Å². The first-order valence-corrected chi connectivity index (χ1v) is 8.82. The van der Waals surface area contributed by atoms with E-state index in [-0.39, 0.29) is 18.0 Å². The number of carbonyl (C=O) groups is 1. The van der Waals surface area contributed by atoms with Crippen molar-refractivity contribution in [2.75, 3.05) is 6.54 Å². The molecule has 0 saturated carbocycles. The normalized spacial score (nSPS) is 13.3. The van der Waals surface area contributed by atoms with Crippen LogP contribution in [0.4, 0.5) is 0 Å². The van der Waals surface area contributed by atoms with Crippen molar-refractivity contribution in [3.8, 4) is 11.5 Å². The number of nitrogens with one attached hydrogen (secondary N) is 1. The van der Waals surface area contributed by atoms with E-state index in [4.69, 9.17) is 0 Å². The SMILES string of the molecule is Cc1cccc(CC(=O)N2CCc3nc(-c4cnccn4)[nH]c(=O)c3C2)c1. The molecular weight excluding hydrogens is 342 g/mol. The first kappa shape index (κ1) is 17.1. The Balaban J connectivity index is 1.55. The van der Waals surface area contributed by atoms with Gasteiger partial charge in [0, 0.05) is 25.4 Å². The first-order valence-electron chi connectivity index (χ1n) is 8.82. The van der Waals surface area contributed by atoms with Crippen LogP contribution in [0.1, 0.15) is 22.4 Å². The molecule has 0 radical (unpaired) electrons. The van der Waals surface area contributed by atoms with Gasteiger partial charge in [0.05, 0.1) is 30.4 Å². The standard InChI is InChI=1S/C20H19N5O2/c1-13-3-2-4-14(9-13)10-18(26)25-8-5-16-15(12-25)20(27)24-19(23-16)17-11-21-6-7-22-17/h2-4,6-7,9,11H,5,8,10,12H2,1H3,(H,23,24,27). The van der Waals surface area contributed by atoms with Crippen molar-refractivity contribution >= 4 is 5.91 Å². The summed E-state index contributed by atoms with van der Waals surface area (Å²) in [5.74, 6) is 0.426. The van der Waals surface area contributed by atoms with Crippen molar-refractivity contribution in [2.24, 2.45) is 0 Å². The number of carbonyl (C=O) groups excluding carboxylic acids is 1. The number of benzene rings is 1. The number of fused-ring (bicyclic) bond motifs is 1.